The first-order valence-corrected chi connectivity index (χ1v) is 14.1. The maximum absolute atomic E-state index is 12.8. The number of hydrogen-bond donors (Lipinski definition) is 4. The molecule has 3 aromatic rings. The number of nitrogens with zero attached hydrogens (tertiary/aromatic N) is 1. The van der Waals surface area contributed by atoms with Gasteiger partial charge in [0.1, 0.15) is 11.3 Å². The normalized spacial score (nSPS) is 11.8. The lowest BCUT2D eigenvalue weighted by Gasteiger charge is -2.16. The Balaban J connectivity index is 1.57. The van der Waals surface area contributed by atoms with Crippen molar-refractivity contribution in [3.63, 3.8) is 0 Å². The molecule has 39 heavy (non-hydrogen) atoms. The van der Waals surface area contributed by atoms with E-state index in [0.717, 1.165) is 10.4 Å². The molecule has 1 atom stereocenters. The van der Waals surface area contributed by atoms with Crippen LogP contribution in [0.5, 0.6) is 5.75 Å². The molecule has 0 fully saturated rings. The van der Waals surface area contributed by atoms with Crippen molar-refractivity contribution >= 4 is 58.3 Å². The number of phenols is 1. The van der Waals surface area contributed by atoms with Crippen LogP contribution in [-0.4, -0.2) is 62.7 Å². The fourth-order valence-electron chi connectivity index (χ4n) is 3.70. The van der Waals surface area contributed by atoms with Gasteiger partial charge in [0.2, 0.25) is 0 Å². The van der Waals surface area contributed by atoms with E-state index in [1.54, 1.807) is 30.3 Å². The second-order valence-electron chi connectivity index (χ2n) is 8.77. The minimum absolute atomic E-state index is 0.0186. The zero-order valence-electron chi connectivity index (χ0n) is 20.9. The number of Topliss-reactive ketones (excluding diaryl/α,β-unsaturated/α-hetero) is 1. The highest BCUT2D eigenvalue weighted by Gasteiger charge is 2.25. The van der Waals surface area contributed by atoms with Gasteiger partial charge >= 0.3 is 11.9 Å². The minimum Gasteiger partial charge on any atom is -0.507 e. The van der Waals surface area contributed by atoms with Crippen LogP contribution in [0.2, 0.25) is 5.02 Å². The topological polar surface area (TPSA) is 144 Å². The molecule has 2 aromatic carbocycles. The maximum Gasteiger partial charge on any atom is 0.339 e. The van der Waals surface area contributed by atoms with E-state index in [1.165, 1.54) is 35.2 Å². The molecule has 0 aliphatic heterocycles. The van der Waals surface area contributed by atoms with Crippen LogP contribution in [0.25, 0.3) is 0 Å². The van der Waals surface area contributed by atoms with Gasteiger partial charge in [0, 0.05) is 28.7 Å². The second-order valence-corrected chi connectivity index (χ2v) is 11.3. The van der Waals surface area contributed by atoms with Crippen LogP contribution in [0.15, 0.2) is 54.6 Å². The van der Waals surface area contributed by atoms with Crippen LogP contribution in [0.4, 0.5) is 0 Å². The molecular weight excluding hydrogens is 564 g/mol. The number of hydrogen-bond acceptors (Lipinski definition) is 8. The smallest absolute Gasteiger partial charge is 0.339 e. The number of aromatic hydroxyl groups is 1. The molecule has 0 radical (unpaired) electrons. The zero-order valence-corrected chi connectivity index (χ0v) is 23.3. The van der Waals surface area contributed by atoms with E-state index in [-0.39, 0.29) is 17.1 Å². The van der Waals surface area contributed by atoms with E-state index in [9.17, 15) is 34.5 Å². The Morgan fingerprint density at radius 1 is 1.05 bits per heavy atom. The Labute approximate surface area is 238 Å². The lowest BCUT2D eigenvalue weighted by molar-refractivity contribution is -0.139. The summed E-state index contributed by atoms with van der Waals surface area (Å²) in [7, 11) is 1.83. The number of carbonyl (C=O) groups excluding carboxylic acids is 2. The molecule has 1 amide bonds. The van der Waals surface area contributed by atoms with Gasteiger partial charge in [-0.1, -0.05) is 35.9 Å². The van der Waals surface area contributed by atoms with Gasteiger partial charge in [0.25, 0.3) is 5.91 Å². The standard InChI is InChI=1S/C27H27ClN2O7S2/c1-30(12-16-6-8-22(31)19(10-16)27(36)37)13-18-7-9-24(39-18)26(35)29-21(11-25(33)34)23(32)15-38-14-17-4-2-3-5-20(17)28/h2-10,21,31H,11-15H2,1H3,(H,29,35)(H,33,34)(H,36,37)/t21-/m0/s1. The van der Waals surface area contributed by atoms with Gasteiger partial charge in [-0.2, -0.15) is 0 Å². The fraction of sp³-hybridized carbons (Fsp3) is 0.259. The summed E-state index contributed by atoms with van der Waals surface area (Å²) in [6.07, 6.45) is -0.525. The number of amides is 1. The van der Waals surface area contributed by atoms with Crippen molar-refractivity contribution in [2.75, 3.05) is 12.8 Å². The maximum atomic E-state index is 12.8. The molecule has 206 valence electrons. The average Bonchev–Trinajstić information content (AvgIpc) is 3.34. The number of benzene rings is 2. The highest BCUT2D eigenvalue weighted by Crippen LogP contribution is 2.23. The lowest BCUT2D eigenvalue weighted by Crippen LogP contribution is -2.43. The number of aliphatic carboxylic acids is 1. The first kappa shape index (κ1) is 30.2. The fourth-order valence-corrected chi connectivity index (χ4v) is 5.95. The van der Waals surface area contributed by atoms with Crippen molar-refractivity contribution in [2.24, 2.45) is 0 Å². The molecule has 0 aliphatic rings. The van der Waals surface area contributed by atoms with Gasteiger partial charge < -0.3 is 20.6 Å². The quantitative estimate of drug-likeness (QED) is 0.213. The van der Waals surface area contributed by atoms with Crippen molar-refractivity contribution in [1.29, 1.82) is 0 Å². The second kappa shape index (κ2) is 14.1. The summed E-state index contributed by atoms with van der Waals surface area (Å²) in [4.78, 5) is 51.3. The Bertz CT molecular complexity index is 1360. The van der Waals surface area contributed by atoms with Crippen LogP contribution in [0.1, 0.15) is 42.5 Å². The highest BCUT2D eigenvalue weighted by atomic mass is 35.5. The van der Waals surface area contributed by atoms with E-state index < -0.39 is 36.1 Å². The van der Waals surface area contributed by atoms with Crippen molar-refractivity contribution in [1.82, 2.24) is 10.2 Å². The molecular formula is C27H27ClN2O7S2. The molecule has 0 saturated heterocycles. The van der Waals surface area contributed by atoms with Gasteiger partial charge in [-0.25, -0.2) is 4.79 Å². The lowest BCUT2D eigenvalue weighted by atomic mass is 10.1. The molecule has 0 spiro atoms. The number of carboxylic acids is 2. The van der Waals surface area contributed by atoms with Crippen molar-refractivity contribution in [3.05, 3.63) is 86.1 Å². The Kier molecular flexibility index (Phi) is 10.9. The molecule has 0 bridgehead atoms. The number of carbonyl (C=O) groups is 4. The molecule has 0 aliphatic carbocycles. The Morgan fingerprint density at radius 3 is 2.49 bits per heavy atom. The predicted octanol–water partition coefficient (Wildman–Crippen LogP) is 4.51. The predicted molar refractivity (Wildman–Crippen MR) is 151 cm³/mol. The minimum atomic E-state index is -1.22. The van der Waals surface area contributed by atoms with E-state index in [2.05, 4.69) is 5.32 Å². The number of thiophene rings is 1. The molecule has 0 saturated carbocycles. The SMILES string of the molecule is CN(Cc1ccc(O)c(C(=O)O)c1)Cc1ccc(C(=O)N[C@@H](CC(=O)O)C(=O)CSCc2ccccc2Cl)s1. The van der Waals surface area contributed by atoms with E-state index in [1.807, 2.05) is 24.1 Å². The summed E-state index contributed by atoms with van der Waals surface area (Å²) in [6, 6.07) is 13.8. The largest absolute Gasteiger partial charge is 0.507 e. The van der Waals surface area contributed by atoms with Crippen LogP contribution >= 0.6 is 34.7 Å². The van der Waals surface area contributed by atoms with Crippen molar-refractivity contribution in [2.45, 2.75) is 31.3 Å². The third-order valence-electron chi connectivity index (χ3n) is 5.59. The van der Waals surface area contributed by atoms with Crippen molar-refractivity contribution in [3.8, 4) is 5.75 Å². The summed E-state index contributed by atoms with van der Waals surface area (Å²) in [6.45, 7) is 0.860. The van der Waals surface area contributed by atoms with Crippen molar-refractivity contribution < 1.29 is 34.5 Å². The number of ketones is 1. The van der Waals surface area contributed by atoms with Crippen LogP contribution in [-0.2, 0) is 28.4 Å². The van der Waals surface area contributed by atoms with Gasteiger partial charge in [-0.15, -0.1) is 23.1 Å². The number of thioether (sulfide) groups is 1. The third kappa shape index (κ3) is 9.10. The molecule has 9 nitrogen and oxygen atoms in total. The Morgan fingerprint density at radius 2 is 1.79 bits per heavy atom. The molecule has 4 N–H and O–H groups in total. The number of rotatable bonds is 14. The molecule has 1 heterocycles. The molecule has 0 unspecified atom stereocenters. The number of aromatic carboxylic acids is 1. The van der Waals surface area contributed by atoms with Gasteiger partial charge in [0.05, 0.1) is 23.1 Å². The summed E-state index contributed by atoms with van der Waals surface area (Å²) in [5.41, 5.74) is 1.38. The van der Waals surface area contributed by atoms with E-state index >= 15 is 0 Å². The van der Waals surface area contributed by atoms with Crippen LogP contribution < -0.4 is 5.32 Å². The Hall–Kier alpha value is -3.38. The van der Waals surface area contributed by atoms with Gasteiger partial charge in [-0.05, 0) is 48.5 Å². The van der Waals surface area contributed by atoms with Gasteiger partial charge in [-0.3, -0.25) is 19.3 Å². The summed E-state index contributed by atoms with van der Waals surface area (Å²) < 4.78 is 0. The van der Waals surface area contributed by atoms with E-state index in [0.29, 0.717) is 34.3 Å². The number of carboxylic acid groups (broad SMARTS) is 2. The van der Waals surface area contributed by atoms with Crippen LogP contribution in [0, 0.1) is 0 Å². The number of nitrogens with one attached hydrogen (secondary N) is 1. The number of halogens is 1. The van der Waals surface area contributed by atoms with E-state index in [4.69, 9.17) is 11.6 Å². The van der Waals surface area contributed by atoms with Crippen LogP contribution in [0.3, 0.4) is 0 Å². The first-order chi connectivity index (χ1) is 18.5. The monoisotopic (exact) mass is 590 g/mol. The zero-order chi connectivity index (χ0) is 28.5. The van der Waals surface area contributed by atoms with Gasteiger partial charge in [0.15, 0.2) is 5.78 Å². The average molecular weight is 591 g/mol. The molecule has 12 heteroatoms. The summed E-state index contributed by atoms with van der Waals surface area (Å²) >= 11 is 8.65. The molecule has 1 aromatic heterocycles. The third-order valence-corrected chi connectivity index (χ3v) is 8.03. The molecule has 3 rings (SSSR count). The highest BCUT2D eigenvalue weighted by molar-refractivity contribution is 7.99. The summed E-state index contributed by atoms with van der Waals surface area (Å²) in [5.74, 6) is -3.15. The summed E-state index contributed by atoms with van der Waals surface area (Å²) in [5, 5.41) is 31.3. The first-order valence-electron chi connectivity index (χ1n) is 11.7.